The molecule has 3 rings (SSSR count). The van der Waals surface area contributed by atoms with Crippen LogP contribution in [0.5, 0.6) is 0 Å². The van der Waals surface area contributed by atoms with Crippen molar-refractivity contribution < 1.29 is 0 Å². The summed E-state index contributed by atoms with van der Waals surface area (Å²) in [5, 5.41) is 0. The van der Waals surface area contributed by atoms with Gasteiger partial charge in [0.15, 0.2) is 0 Å². The molecular formula is C17H34N4. The third kappa shape index (κ3) is 2.88. The number of hydrogen-bond acceptors (Lipinski definition) is 4. The minimum atomic E-state index is 0.271. The van der Waals surface area contributed by atoms with Crippen molar-refractivity contribution in [3.05, 3.63) is 0 Å². The molecule has 0 amide bonds. The second-order valence-corrected chi connectivity index (χ2v) is 7.90. The fraction of sp³-hybridized carbons (Fsp3) is 1.00. The summed E-state index contributed by atoms with van der Waals surface area (Å²) >= 11 is 0. The van der Waals surface area contributed by atoms with Crippen molar-refractivity contribution >= 4 is 0 Å². The summed E-state index contributed by atoms with van der Waals surface area (Å²) in [6.45, 7) is 8.22. The van der Waals surface area contributed by atoms with Crippen molar-refractivity contribution in [2.24, 2.45) is 11.7 Å². The minimum Gasteiger partial charge on any atom is -0.329 e. The van der Waals surface area contributed by atoms with Crippen molar-refractivity contribution in [3.8, 4) is 0 Å². The maximum absolute atomic E-state index is 6.30. The molecule has 2 N–H and O–H groups in total. The first kappa shape index (κ1) is 15.7. The van der Waals surface area contributed by atoms with Crippen LogP contribution in [0.25, 0.3) is 0 Å². The molecule has 4 unspecified atom stereocenters. The molecule has 0 aliphatic carbocycles. The normalized spacial score (nSPS) is 43.7. The molecular weight excluding hydrogens is 260 g/mol. The van der Waals surface area contributed by atoms with E-state index in [1.165, 1.54) is 58.3 Å². The predicted octanol–water partition coefficient (Wildman–Crippen LogP) is 1.21. The summed E-state index contributed by atoms with van der Waals surface area (Å²) in [7, 11) is 4.58. The molecule has 122 valence electrons. The lowest BCUT2D eigenvalue weighted by Crippen LogP contribution is -2.65. The number of fused-ring (bicyclic) bond motifs is 1. The lowest BCUT2D eigenvalue weighted by atomic mass is 9.77. The van der Waals surface area contributed by atoms with Gasteiger partial charge in [-0.15, -0.1) is 0 Å². The van der Waals surface area contributed by atoms with Crippen LogP contribution in [0, 0.1) is 5.92 Å². The number of piperidine rings is 3. The highest BCUT2D eigenvalue weighted by Crippen LogP contribution is 2.37. The van der Waals surface area contributed by atoms with Gasteiger partial charge in [-0.3, -0.25) is 4.90 Å². The highest BCUT2D eigenvalue weighted by atomic mass is 15.3. The summed E-state index contributed by atoms with van der Waals surface area (Å²) in [6, 6.07) is 1.49. The average Bonchev–Trinajstić information content (AvgIpc) is 2.50. The van der Waals surface area contributed by atoms with Crippen molar-refractivity contribution in [2.45, 2.75) is 56.7 Å². The Morgan fingerprint density at radius 1 is 1.10 bits per heavy atom. The minimum absolute atomic E-state index is 0.271. The van der Waals surface area contributed by atoms with Gasteiger partial charge in [0, 0.05) is 37.3 Å². The monoisotopic (exact) mass is 294 g/mol. The molecule has 3 heterocycles. The summed E-state index contributed by atoms with van der Waals surface area (Å²) in [6.07, 6.45) is 6.62. The first-order valence-electron chi connectivity index (χ1n) is 8.91. The van der Waals surface area contributed by atoms with Gasteiger partial charge >= 0.3 is 0 Å². The van der Waals surface area contributed by atoms with Gasteiger partial charge in [0.05, 0.1) is 0 Å². The van der Waals surface area contributed by atoms with Gasteiger partial charge < -0.3 is 15.5 Å². The third-order valence-electron chi connectivity index (χ3n) is 6.75. The van der Waals surface area contributed by atoms with Crippen LogP contribution in [0.15, 0.2) is 0 Å². The van der Waals surface area contributed by atoms with Crippen LogP contribution >= 0.6 is 0 Å². The first-order chi connectivity index (χ1) is 10.1. The van der Waals surface area contributed by atoms with Crippen LogP contribution in [0.3, 0.4) is 0 Å². The second-order valence-electron chi connectivity index (χ2n) is 7.90. The van der Waals surface area contributed by atoms with E-state index in [9.17, 15) is 0 Å². The molecule has 0 radical (unpaired) electrons. The molecule has 0 spiro atoms. The Hall–Kier alpha value is -0.160. The number of nitrogens with two attached hydrogens (primary N) is 1. The molecule has 3 aliphatic rings. The van der Waals surface area contributed by atoms with Crippen molar-refractivity contribution in [2.75, 3.05) is 46.8 Å². The Kier molecular flexibility index (Phi) is 4.60. The molecule has 0 saturated carbocycles. The van der Waals surface area contributed by atoms with Crippen molar-refractivity contribution in [1.29, 1.82) is 0 Å². The molecule has 3 aliphatic heterocycles. The Bertz CT molecular complexity index is 361. The van der Waals surface area contributed by atoms with Gasteiger partial charge in [-0.05, 0) is 72.1 Å². The van der Waals surface area contributed by atoms with E-state index in [0.29, 0.717) is 6.04 Å². The standard InChI is InChI=1S/C17H34N4/c1-14-11-17(13-18,7-10-19(14)2)21-9-6-16-15(12-21)5-4-8-20(16)3/h14-16H,4-13,18H2,1-3H3. The average molecular weight is 294 g/mol. The van der Waals surface area contributed by atoms with Crippen LogP contribution < -0.4 is 5.73 Å². The highest BCUT2D eigenvalue weighted by molar-refractivity contribution is 5.02. The van der Waals surface area contributed by atoms with E-state index < -0.39 is 0 Å². The van der Waals surface area contributed by atoms with Gasteiger partial charge in [0.1, 0.15) is 0 Å². The molecule has 3 fully saturated rings. The van der Waals surface area contributed by atoms with E-state index in [0.717, 1.165) is 18.5 Å². The summed E-state index contributed by atoms with van der Waals surface area (Å²) in [4.78, 5) is 7.89. The summed E-state index contributed by atoms with van der Waals surface area (Å²) in [5.41, 5.74) is 6.57. The van der Waals surface area contributed by atoms with Crippen LogP contribution in [0.4, 0.5) is 0 Å². The third-order valence-corrected chi connectivity index (χ3v) is 6.75. The van der Waals surface area contributed by atoms with Gasteiger partial charge in [-0.1, -0.05) is 0 Å². The quantitative estimate of drug-likeness (QED) is 0.830. The fourth-order valence-corrected chi connectivity index (χ4v) is 5.10. The highest BCUT2D eigenvalue weighted by Gasteiger charge is 2.45. The molecule has 0 bridgehead atoms. The molecule has 0 aromatic heterocycles. The lowest BCUT2D eigenvalue weighted by Gasteiger charge is -2.55. The van der Waals surface area contributed by atoms with Gasteiger partial charge in [-0.25, -0.2) is 0 Å². The second kappa shape index (κ2) is 6.15. The largest absolute Gasteiger partial charge is 0.329 e. The smallest absolute Gasteiger partial charge is 0.0358 e. The predicted molar refractivity (Wildman–Crippen MR) is 88.4 cm³/mol. The molecule has 0 aromatic carbocycles. The number of nitrogens with zero attached hydrogens (tertiary/aromatic N) is 3. The van der Waals surface area contributed by atoms with E-state index in [4.69, 9.17) is 5.73 Å². The van der Waals surface area contributed by atoms with Crippen molar-refractivity contribution in [1.82, 2.24) is 14.7 Å². The maximum atomic E-state index is 6.30. The SMILES string of the molecule is CC1CC(CN)(N2CCC3C(CCCN3C)C2)CCN1C. The van der Waals surface area contributed by atoms with E-state index >= 15 is 0 Å². The fourth-order valence-electron chi connectivity index (χ4n) is 5.10. The number of likely N-dealkylation sites (tertiary alicyclic amines) is 3. The Morgan fingerprint density at radius 2 is 1.90 bits per heavy atom. The molecule has 4 nitrogen and oxygen atoms in total. The zero-order chi connectivity index (χ0) is 15.0. The molecule has 4 heteroatoms. The van der Waals surface area contributed by atoms with E-state index in [1.54, 1.807) is 0 Å². The van der Waals surface area contributed by atoms with Gasteiger partial charge in [0.2, 0.25) is 0 Å². The van der Waals surface area contributed by atoms with E-state index in [-0.39, 0.29) is 5.54 Å². The molecule has 3 saturated heterocycles. The lowest BCUT2D eigenvalue weighted by molar-refractivity contribution is -0.0464. The van der Waals surface area contributed by atoms with Crippen LogP contribution in [-0.2, 0) is 0 Å². The van der Waals surface area contributed by atoms with Gasteiger partial charge in [0.25, 0.3) is 0 Å². The summed E-state index contributed by atoms with van der Waals surface area (Å²) in [5.74, 6) is 0.871. The molecule has 21 heavy (non-hydrogen) atoms. The van der Waals surface area contributed by atoms with Crippen LogP contribution in [0.2, 0.25) is 0 Å². The van der Waals surface area contributed by atoms with Crippen LogP contribution in [0.1, 0.15) is 39.0 Å². The maximum Gasteiger partial charge on any atom is 0.0358 e. The van der Waals surface area contributed by atoms with Crippen LogP contribution in [-0.4, -0.2) is 79.1 Å². The zero-order valence-electron chi connectivity index (χ0n) is 14.2. The topological polar surface area (TPSA) is 35.7 Å². The van der Waals surface area contributed by atoms with Crippen molar-refractivity contribution in [3.63, 3.8) is 0 Å². The zero-order valence-corrected chi connectivity index (χ0v) is 14.2. The number of hydrogen-bond donors (Lipinski definition) is 1. The number of rotatable bonds is 2. The van der Waals surface area contributed by atoms with Gasteiger partial charge in [-0.2, -0.15) is 0 Å². The Morgan fingerprint density at radius 3 is 2.62 bits per heavy atom. The van der Waals surface area contributed by atoms with E-state index in [2.05, 4.69) is 35.7 Å². The first-order valence-corrected chi connectivity index (χ1v) is 8.91. The van der Waals surface area contributed by atoms with E-state index in [1.807, 2.05) is 0 Å². The Balaban J connectivity index is 1.71. The molecule has 0 aromatic rings. The molecule has 4 atom stereocenters. The Labute approximate surface area is 130 Å². The summed E-state index contributed by atoms with van der Waals surface area (Å²) < 4.78 is 0.